The summed E-state index contributed by atoms with van der Waals surface area (Å²) in [7, 11) is 0. The van der Waals surface area contributed by atoms with Gasteiger partial charge in [-0.25, -0.2) is 0 Å². The summed E-state index contributed by atoms with van der Waals surface area (Å²) in [5.41, 5.74) is 4.76. The van der Waals surface area contributed by atoms with Gasteiger partial charge >= 0.3 is 5.97 Å². The summed E-state index contributed by atoms with van der Waals surface area (Å²) in [6.07, 6.45) is 2.11. The Kier molecular flexibility index (Phi) is 3.38. The molecule has 0 aromatic rings. The number of nitrogens with two attached hydrogens (primary N) is 1. The molecule has 0 aromatic heterocycles. The van der Waals surface area contributed by atoms with Gasteiger partial charge in [0.2, 0.25) is 0 Å². The second-order valence-corrected chi connectivity index (χ2v) is 4.90. The first-order chi connectivity index (χ1) is 6.84. The third-order valence-electron chi connectivity index (χ3n) is 3.54. The van der Waals surface area contributed by atoms with Crippen LogP contribution in [0.15, 0.2) is 0 Å². The Bertz CT molecular complexity index is 259. The summed E-state index contributed by atoms with van der Waals surface area (Å²) in [5, 5.41) is 19.9. The van der Waals surface area contributed by atoms with Crippen LogP contribution in [0.5, 0.6) is 0 Å². The van der Waals surface area contributed by atoms with E-state index >= 15 is 0 Å². The molecule has 4 N–H and O–H groups in total. The predicted molar refractivity (Wildman–Crippen MR) is 55.6 cm³/mol. The van der Waals surface area contributed by atoms with Gasteiger partial charge in [0.15, 0.2) is 0 Å². The lowest BCUT2D eigenvalue weighted by atomic mass is 9.93. The minimum atomic E-state index is -0.828. The van der Waals surface area contributed by atoms with Crippen LogP contribution in [0.1, 0.15) is 39.5 Å². The Labute approximate surface area is 89.8 Å². The number of hydroxylamine groups is 2. The highest BCUT2D eigenvalue weighted by Crippen LogP contribution is 2.41. The molecule has 0 amide bonds. The molecule has 1 aliphatic rings. The summed E-state index contributed by atoms with van der Waals surface area (Å²) in [4.78, 5) is 10.5. The Morgan fingerprint density at radius 2 is 1.93 bits per heavy atom. The number of hydrogen-bond donors (Lipinski definition) is 3. The van der Waals surface area contributed by atoms with Gasteiger partial charge in [-0.05, 0) is 33.1 Å². The highest BCUT2D eigenvalue weighted by molar-refractivity contribution is 5.66. The summed E-state index contributed by atoms with van der Waals surface area (Å²) < 4.78 is 0. The number of aliphatic carboxylic acids is 1. The lowest BCUT2D eigenvalue weighted by Crippen LogP contribution is -2.52. The largest absolute Gasteiger partial charge is 0.481 e. The first-order valence-electron chi connectivity index (χ1n) is 5.25. The van der Waals surface area contributed by atoms with E-state index in [4.69, 9.17) is 10.8 Å². The lowest BCUT2D eigenvalue weighted by molar-refractivity contribution is -0.202. The molecule has 1 saturated heterocycles. The monoisotopic (exact) mass is 216 g/mol. The number of hydrogen-bond acceptors (Lipinski definition) is 4. The van der Waals surface area contributed by atoms with Crippen molar-refractivity contribution in [2.24, 2.45) is 5.73 Å². The zero-order valence-electron chi connectivity index (χ0n) is 9.36. The first-order valence-corrected chi connectivity index (χ1v) is 5.25. The fraction of sp³-hybridized carbons (Fsp3) is 0.900. The molecule has 0 radical (unpaired) electrons. The molecule has 1 aliphatic heterocycles. The van der Waals surface area contributed by atoms with E-state index in [0.29, 0.717) is 13.0 Å². The van der Waals surface area contributed by atoms with Crippen LogP contribution in [-0.4, -0.2) is 39.0 Å². The van der Waals surface area contributed by atoms with Crippen LogP contribution in [-0.2, 0) is 4.79 Å². The van der Waals surface area contributed by atoms with E-state index in [0.717, 1.165) is 12.8 Å². The summed E-state index contributed by atoms with van der Waals surface area (Å²) in [5.74, 6) is -0.828. The zero-order valence-corrected chi connectivity index (χ0v) is 9.36. The van der Waals surface area contributed by atoms with Gasteiger partial charge in [0.1, 0.15) is 0 Å². The van der Waals surface area contributed by atoms with Crippen molar-refractivity contribution in [3.8, 4) is 0 Å². The molecule has 1 heterocycles. The van der Waals surface area contributed by atoms with Crippen molar-refractivity contribution in [3.63, 3.8) is 0 Å². The van der Waals surface area contributed by atoms with Gasteiger partial charge in [0.05, 0.1) is 5.54 Å². The van der Waals surface area contributed by atoms with Crippen molar-refractivity contribution in [1.82, 2.24) is 5.06 Å². The molecule has 1 rings (SSSR count). The molecule has 5 nitrogen and oxygen atoms in total. The number of rotatable bonds is 4. The zero-order chi connectivity index (χ0) is 11.7. The molecule has 1 fully saturated rings. The third kappa shape index (κ3) is 2.30. The van der Waals surface area contributed by atoms with E-state index in [1.54, 1.807) is 0 Å². The van der Waals surface area contributed by atoms with Gasteiger partial charge in [-0.3, -0.25) is 4.79 Å². The standard InChI is InChI=1S/C10H20N2O3/c1-9(4-3-8(13)14)5-6-10(2,7-11)12(9)15/h15H,3-7,11H2,1-2H3,(H,13,14)/t9-,10-/m0/s1. The van der Waals surface area contributed by atoms with Crippen LogP contribution in [0.3, 0.4) is 0 Å². The van der Waals surface area contributed by atoms with Crippen LogP contribution in [0.25, 0.3) is 0 Å². The van der Waals surface area contributed by atoms with Gasteiger partial charge < -0.3 is 16.0 Å². The van der Waals surface area contributed by atoms with Gasteiger partial charge in [-0.15, -0.1) is 0 Å². The van der Waals surface area contributed by atoms with Crippen molar-refractivity contribution >= 4 is 5.97 Å². The Morgan fingerprint density at radius 3 is 2.33 bits per heavy atom. The van der Waals surface area contributed by atoms with Crippen molar-refractivity contribution < 1.29 is 15.1 Å². The summed E-state index contributed by atoms with van der Waals surface area (Å²) >= 11 is 0. The molecule has 0 unspecified atom stereocenters. The fourth-order valence-corrected chi connectivity index (χ4v) is 2.20. The molecule has 0 spiro atoms. The van der Waals surface area contributed by atoms with Crippen LogP contribution in [0.2, 0.25) is 0 Å². The average molecular weight is 216 g/mol. The van der Waals surface area contributed by atoms with Crippen molar-refractivity contribution in [2.45, 2.75) is 50.6 Å². The van der Waals surface area contributed by atoms with Crippen molar-refractivity contribution in [1.29, 1.82) is 0 Å². The molecule has 5 heteroatoms. The Hall–Kier alpha value is -0.650. The normalized spacial score (nSPS) is 37.1. The van der Waals surface area contributed by atoms with Crippen LogP contribution in [0, 0.1) is 0 Å². The lowest BCUT2D eigenvalue weighted by Gasteiger charge is -2.38. The summed E-state index contributed by atoms with van der Waals surface area (Å²) in [6, 6.07) is 0. The maximum atomic E-state index is 10.5. The molecule has 0 aromatic carbocycles. The molecular formula is C10H20N2O3. The second-order valence-electron chi connectivity index (χ2n) is 4.90. The topological polar surface area (TPSA) is 86.8 Å². The Morgan fingerprint density at radius 1 is 1.40 bits per heavy atom. The fourth-order valence-electron chi connectivity index (χ4n) is 2.20. The molecule has 0 saturated carbocycles. The average Bonchev–Trinajstić information content (AvgIpc) is 2.42. The quantitative estimate of drug-likeness (QED) is 0.647. The molecule has 15 heavy (non-hydrogen) atoms. The third-order valence-corrected chi connectivity index (χ3v) is 3.54. The van der Waals surface area contributed by atoms with E-state index in [9.17, 15) is 10.0 Å². The minimum Gasteiger partial charge on any atom is -0.481 e. The van der Waals surface area contributed by atoms with E-state index in [1.165, 1.54) is 5.06 Å². The van der Waals surface area contributed by atoms with E-state index in [-0.39, 0.29) is 6.42 Å². The maximum Gasteiger partial charge on any atom is 0.303 e. The van der Waals surface area contributed by atoms with Crippen molar-refractivity contribution in [3.05, 3.63) is 0 Å². The van der Waals surface area contributed by atoms with Gasteiger partial charge in [-0.1, -0.05) is 0 Å². The minimum absolute atomic E-state index is 0.0776. The molecule has 88 valence electrons. The molecular weight excluding hydrogens is 196 g/mol. The van der Waals surface area contributed by atoms with Crippen LogP contribution < -0.4 is 5.73 Å². The van der Waals surface area contributed by atoms with Crippen LogP contribution >= 0.6 is 0 Å². The Balaban J connectivity index is 2.67. The highest BCUT2D eigenvalue weighted by Gasteiger charge is 2.48. The maximum absolute atomic E-state index is 10.5. The number of carboxylic acids is 1. The van der Waals surface area contributed by atoms with Gasteiger partial charge in [0, 0.05) is 18.5 Å². The van der Waals surface area contributed by atoms with Gasteiger partial charge in [-0.2, -0.15) is 5.06 Å². The van der Waals surface area contributed by atoms with Gasteiger partial charge in [0.25, 0.3) is 0 Å². The second kappa shape index (κ2) is 4.08. The SMILES string of the molecule is C[C@]1(CCC(=O)O)CC[C@@](C)(CN)N1O. The molecule has 0 aliphatic carbocycles. The predicted octanol–water partition coefficient (Wildman–Crippen LogP) is 0.812. The molecule has 0 bridgehead atoms. The van der Waals surface area contributed by atoms with E-state index in [2.05, 4.69) is 0 Å². The smallest absolute Gasteiger partial charge is 0.303 e. The first kappa shape index (κ1) is 12.4. The van der Waals surface area contributed by atoms with Crippen molar-refractivity contribution in [2.75, 3.05) is 6.54 Å². The number of carbonyl (C=O) groups is 1. The van der Waals surface area contributed by atoms with Crippen LogP contribution in [0.4, 0.5) is 0 Å². The highest BCUT2D eigenvalue weighted by atomic mass is 16.5. The number of carboxylic acid groups (broad SMARTS) is 1. The summed E-state index contributed by atoms with van der Waals surface area (Å²) in [6.45, 7) is 4.17. The number of nitrogens with zero attached hydrogens (tertiary/aromatic N) is 1. The van der Waals surface area contributed by atoms with E-state index in [1.807, 2.05) is 13.8 Å². The molecule has 2 atom stereocenters. The van der Waals surface area contributed by atoms with E-state index < -0.39 is 17.0 Å².